The summed E-state index contributed by atoms with van der Waals surface area (Å²) in [4.78, 5) is 26.3. The summed E-state index contributed by atoms with van der Waals surface area (Å²) in [5.41, 5.74) is 3.23. The maximum absolute atomic E-state index is 12.6. The van der Waals surface area contributed by atoms with Crippen LogP contribution in [-0.4, -0.2) is 24.9 Å². The molecule has 0 amide bonds. The number of para-hydroxylation sites is 1. The lowest BCUT2D eigenvalue weighted by atomic mass is 9.98. The number of Topliss-reactive ketones (excluding diaryl/α,β-unsaturated/α-hetero) is 1. The molecule has 0 N–H and O–H groups in total. The summed E-state index contributed by atoms with van der Waals surface area (Å²) in [7, 11) is 0. The van der Waals surface area contributed by atoms with Gasteiger partial charge >= 0.3 is 5.97 Å². The predicted octanol–water partition coefficient (Wildman–Crippen LogP) is 4.30. The molecule has 2 aromatic carbocycles. The molecule has 3 rings (SSSR count). The number of anilines is 1. The number of hydrogen-bond donors (Lipinski definition) is 0. The van der Waals surface area contributed by atoms with Gasteiger partial charge in [0.1, 0.15) is 11.6 Å². The second kappa shape index (κ2) is 9.34. The number of allylic oxidation sites excluding steroid dienone is 4. The minimum atomic E-state index is -0.644. The summed E-state index contributed by atoms with van der Waals surface area (Å²) < 4.78 is 4.88. The van der Waals surface area contributed by atoms with E-state index in [1.54, 1.807) is 25.1 Å². The largest absolute Gasteiger partial charge is 0.462 e. The Kier molecular flexibility index (Phi) is 6.39. The van der Waals surface area contributed by atoms with Crippen LogP contribution in [0.15, 0.2) is 84.6 Å². The number of ether oxygens (including phenoxy) is 1. The van der Waals surface area contributed by atoms with Crippen molar-refractivity contribution in [2.45, 2.75) is 6.92 Å². The smallest absolute Gasteiger partial charge is 0.348 e. The second-order valence-corrected chi connectivity index (χ2v) is 6.28. The van der Waals surface area contributed by atoms with Gasteiger partial charge in [-0.2, -0.15) is 5.26 Å². The normalized spacial score (nSPS) is 14.3. The molecular formula is C24H20N2O3. The summed E-state index contributed by atoms with van der Waals surface area (Å²) in [5, 5.41) is 9.19. The molecule has 0 spiro atoms. The summed E-state index contributed by atoms with van der Waals surface area (Å²) in [6.45, 7) is 2.12. The average molecular weight is 384 g/mol. The molecular weight excluding hydrogens is 364 g/mol. The molecule has 0 saturated heterocycles. The van der Waals surface area contributed by atoms with Gasteiger partial charge in [-0.25, -0.2) is 4.79 Å². The monoisotopic (exact) mass is 384 g/mol. The Morgan fingerprint density at radius 2 is 1.83 bits per heavy atom. The zero-order chi connectivity index (χ0) is 20.6. The molecule has 5 heteroatoms. The molecule has 5 nitrogen and oxygen atoms in total. The highest BCUT2D eigenvalue weighted by atomic mass is 16.5. The van der Waals surface area contributed by atoms with E-state index in [1.807, 2.05) is 65.7 Å². The van der Waals surface area contributed by atoms with E-state index in [1.165, 1.54) is 6.08 Å². The van der Waals surface area contributed by atoms with Crippen molar-refractivity contribution in [1.82, 2.24) is 0 Å². The Morgan fingerprint density at radius 1 is 1.10 bits per heavy atom. The third-order valence-corrected chi connectivity index (χ3v) is 4.41. The van der Waals surface area contributed by atoms with Crippen molar-refractivity contribution in [3.05, 3.63) is 95.7 Å². The van der Waals surface area contributed by atoms with Crippen LogP contribution in [0, 0.1) is 11.3 Å². The van der Waals surface area contributed by atoms with Crippen molar-refractivity contribution in [2.75, 3.05) is 18.1 Å². The quantitative estimate of drug-likeness (QED) is 0.321. The third-order valence-electron chi connectivity index (χ3n) is 4.41. The number of nitriles is 1. The maximum Gasteiger partial charge on any atom is 0.348 e. The minimum Gasteiger partial charge on any atom is -0.462 e. The summed E-state index contributed by atoms with van der Waals surface area (Å²) in [6, 6.07) is 18.7. The molecule has 0 fully saturated rings. The maximum atomic E-state index is 12.6. The van der Waals surface area contributed by atoms with Crippen molar-refractivity contribution < 1.29 is 14.3 Å². The van der Waals surface area contributed by atoms with Gasteiger partial charge in [0.15, 0.2) is 5.78 Å². The van der Waals surface area contributed by atoms with E-state index >= 15 is 0 Å². The van der Waals surface area contributed by atoms with Gasteiger partial charge in [-0.15, -0.1) is 0 Å². The number of hydrogen-bond acceptors (Lipinski definition) is 5. The number of carbonyl (C=O) groups is 2. The summed E-state index contributed by atoms with van der Waals surface area (Å²) in [5.74, 6) is -0.624. The Labute approximate surface area is 169 Å². The van der Waals surface area contributed by atoms with Crippen LogP contribution in [0.1, 0.15) is 22.8 Å². The van der Waals surface area contributed by atoms with Crippen LogP contribution in [0.2, 0.25) is 0 Å². The average Bonchev–Trinajstić information content (AvgIpc) is 2.76. The summed E-state index contributed by atoms with van der Waals surface area (Å²) in [6.07, 6.45) is 6.86. The van der Waals surface area contributed by atoms with Crippen molar-refractivity contribution in [2.24, 2.45) is 0 Å². The highest BCUT2D eigenvalue weighted by Crippen LogP contribution is 2.32. The van der Waals surface area contributed by atoms with Crippen LogP contribution in [0.3, 0.4) is 0 Å². The first-order valence-corrected chi connectivity index (χ1v) is 9.25. The highest BCUT2D eigenvalue weighted by Gasteiger charge is 2.19. The molecule has 0 aliphatic carbocycles. The number of nitrogens with zero attached hydrogens (tertiary/aromatic N) is 2. The Balaban J connectivity index is 1.88. The molecule has 29 heavy (non-hydrogen) atoms. The zero-order valence-corrected chi connectivity index (χ0v) is 16.0. The fraction of sp³-hybridized carbons (Fsp3) is 0.125. The molecule has 0 radical (unpaired) electrons. The summed E-state index contributed by atoms with van der Waals surface area (Å²) >= 11 is 0. The van der Waals surface area contributed by atoms with Crippen LogP contribution < -0.4 is 4.90 Å². The van der Waals surface area contributed by atoms with Crippen molar-refractivity contribution >= 4 is 23.0 Å². The van der Waals surface area contributed by atoms with E-state index in [0.717, 1.165) is 16.8 Å². The van der Waals surface area contributed by atoms with E-state index < -0.39 is 5.97 Å². The number of fused-ring (bicyclic) bond motifs is 1. The number of ketones is 1. The lowest BCUT2D eigenvalue weighted by Gasteiger charge is -2.27. The third kappa shape index (κ3) is 4.69. The molecule has 144 valence electrons. The van der Waals surface area contributed by atoms with Gasteiger partial charge in [0.05, 0.1) is 13.2 Å². The fourth-order valence-corrected chi connectivity index (χ4v) is 2.99. The Bertz CT molecular complexity index is 1040. The van der Waals surface area contributed by atoms with E-state index in [4.69, 9.17) is 4.74 Å². The van der Waals surface area contributed by atoms with Gasteiger partial charge in [0, 0.05) is 23.0 Å². The molecule has 1 aliphatic rings. The van der Waals surface area contributed by atoms with E-state index in [-0.39, 0.29) is 24.5 Å². The molecule has 0 saturated carbocycles. The van der Waals surface area contributed by atoms with Crippen molar-refractivity contribution in [3.8, 4) is 6.07 Å². The van der Waals surface area contributed by atoms with E-state index in [2.05, 4.69) is 0 Å². The fourth-order valence-electron chi connectivity index (χ4n) is 2.99. The first-order valence-electron chi connectivity index (χ1n) is 9.25. The first kappa shape index (κ1) is 19.8. The van der Waals surface area contributed by atoms with Crippen LogP contribution in [-0.2, 0) is 9.53 Å². The van der Waals surface area contributed by atoms with Crippen LogP contribution in [0.5, 0.6) is 0 Å². The molecule has 1 heterocycles. The van der Waals surface area contributed by atoms with Gasteiger partial charge in [0.2, 0.25) is 0 Å². The second-order valence-electron chi connectivity index (χ2n) is 6.28. The highest BCUT2D eigenvalue weighted by molar-refractivity contribution is 6.01. The van der Waals surface area contributed by atoms with Crippen LogP contribution in [0.25, 0.3) is 5.57 Å². The SMILES string of the molecule is CCOC(=O)C(C#N)=CC=C1C=CN(CC(=O)c2ccccc2)c2ccccc21. The van der Waals surface area contributed by atoms with Crippen LogP contribution in [0.4, 0.5) is 5.69 Å². The zero-order valence-electron chi connectivity index (χ0n) is 16.0. The van der Waals surface area contributed by atoms with E-state index in [0.29, 0.717) is 5.56 Å². The predicted molar refractivity (Wildman–Crippen MR) is 112 cm³/mol. The Morgan fingerprint density at radius 3 is 2.55 bits per heavy atom. The lowest BCUT2D eigenvalue weighted by Crippen LogP contribution is -2.27. The standard InChI is InChI=1S/C24H20N2O3/c1-2-29-24(28)20(16-25)13-12-18-14-15-26(22-11-7-6-10-21(18)22)17-23(27)19-8-4-3-5-9-19/h3-15H,2,17H2,1H3. The molecule has 1 aliphatic heterocycles. The molecule has 0 bridgehead atoms. The van der Waals surface area contributed by atoms with Crippen molar-refractivity contribution in [1.29, 1.82) is 5.26 Å². The van der Waals surface area contributed by atoms with Gasteiger partial charge in [0.25, 0.3) is 0 Å². The molecule has 2 aromatic rings. The molecule has 0 aromatic heterocycles. The van der Waals surface area contributed by atoms with Crippen molar-refractivity contribution in [3.63, 3.8) is 0 Å². The minimum absolute atomic E-state index is 0.0199. The Hall–Kier alpha value is -3.91. The first-order chi connectivity index (χ1) is 14.1. The number of esters is 1. The van der Waals surface area contributed by atoms with Gasteiger partial charge < -0.3 is 9.64 Å². The molecule has 0 atom stereocenters. The lowest BCUT2D eigenvalue weighted by molar-refractivity contribution is -0.138. The van der Waals surface area contributed by atoms with Gasteiger partial charge in [-0.05, 0) is 30.7 Å². The van der Waals surface area contributed by atoms with E-state index in [9.17, 15) is 14.9 Å². The van der Waals surface area contributed by atoms with Crippen LogP contribution >= 0.6 is 0 Å². The number of rotatable bonds is 6. The van der Waals surface area contributed by atoms with Gasteiger partial charge in [-0.1, -0.05) is 54.6 Å². The van der Waals surface area contributed by atoms with Gasteiger partial charge in [-0.3, -0.25) is 4.79 Å². The number of carbonyl (C=O) groups excluding carboxylic acids is 2. The number of benzene rings is 2. The molecule has 0 unspecified atom stereocenters. The topological polar surface area (TPSA) is 70.4 Å².